The van der Waals surface area contributed by atoms with Gasteiger partial charge in [0.15, 0.2) is 6.61 Å². The molecule has 0 saturated heterocycles. The van der Waals surface area contributed by atoms with Crippen LogP contribution in [0.2, 0.25) is 5.02 Å². The van der Waals surface area contributed by atoms with Gasteiger partial charge in [-0.25, -0.2) is 9.59 Å². The van der Waals surface area contributed by atoms with Gasteiger partial charge in [-0.1, -0.05) is 18.5 Å². The number of nitrogens with one attached hydrogen (secondary N) is 2. The third-order valence-corrected chi connectivity index (χ3v) is 3.05. The van der Waals surface area contributed by atoms with Crippen molar-refractivity contribution in [3.8, 4) is 0 Å². The van der Waals surface area contributed by atoms with Gasteiger partial charge in [-0.3, -0.25) is 10.1 Å². The highest BCUT2D eigenvalue weighted by molar-refractivity contribution is 6.31. The fourth-order valence-corrected chi connectivity index (χ4v) is 1.63. The Morgan fingerprint density at radius 3 is 2.64 bits per heavy atom. The van der Waals surface area contributed by atoms with Crippen LogP contribution in [-0.4, -0.2) is 30.6 Å². The van der Waals surface area contributed by atoms with Gasteiger partial charge in [0.2, 0.25) is 0 Å². The van der Waals surface area contributed by atoms with Crippen LogP contribution < -0.4 is 16.4 Å². The molecule has 7 nitrogen and oxygen atoms in total. The number of carbonyl (C=O) groups excluding carboxylic acids is 3. The van der Waals surface area contributed by atoms with E-state index in [-0.39, 0.29) is 17.3 Å². The molecule has 120 valence electrons. The Hall–Kier alpha value is -2.28. The van der Waals surface area contributed by atoms with Crippen LogP contribution in [0.15, 0.2) is 18.2 Å². The first-order valence-corrected chi connectivity index (χ1v) is 7.03. The van der Waals surface area contributed by atoms with Gasteiger partial charge in [-0.2, -0.15) is 0 Å². The number of esters is 1. The number of halogens is 1. The van der Waals surface area contributed by atoms with Gasteiger partial charge in [0, 0.05) is 16.8 Å². The summed E-state index contributed by atoms with van der Waals surface area (Å²) >= 11 is 5.72. The first kappa shape index (κ1) is 17.8. The molecule has 8 heteroatoms. The van der Waals surface area contributed by atoms with E-state index in [1.54, 1.807) is 6.92 Å². The summed E-state index contributed by atoms with van der Waals surface area (Å²) in [5, 5.41) is 4.99. The lowest BCUT2D eigenvalue weighted by atomic mass is 10.2. The van der Waals surface area contributed by atoms with Crippen molar-refractivity contribution in [3.63, 3.8) is 0 Å². The summed E-state index contributed by atoms with van der Waals surface area (Å²) < 4.78 is 4.79. The standard InChI is InChI=1S/C14H18ClN3O4/c1-3-8(2)17-14(21)18-12(19)7-22-13(20)10-5-4-9(15)6-11(10)16/h4-6,8H,3,7,16H2,1-2H3,(H2,17,18,19,21)/t8-/m0/s1. The quantitative estimate of drug-likeness (QED) is 0.563. The topological polar surface area (TPSA) is 111 Å². The van der Waals surface area contributed by atoms with Crippen molar-refractivity contribution in [2.24, 2.45) is 0 Å². The molecule has 0 radical (unpaired) electrons. The molecule has 0 fully saturated rings. The lowest BCUT2D eigenvalue weighted by molar-refractivity contribution is -0.123. The Morgan fingerprint density at radius 1 is 1.36 bits per heavy atom. The molecule has 3 amide bonds. The number of hydrogen-bond donors (Lipinski definition) is 3. The van der Waals surface area contributed by atoms with Crippen molar-refractivity contribution in [2.45, 2.75) is 26.3 Å². The Labute approximate surface area is 133 Å². The monoisotopic (exact) mass is 327 g/mol. The average Bonchev–Trinajstić information content (AvgIpc) is 2.44. The predicted molar refractivity (Wildman–Crippen MR) is 82.6 cm³/mol. The van der Waals surface area contributed by atoms with Crippen LogP contribution in [0.5, 0.6) is 0 Å². The number of ether oxygens (including phenoxy) is 1. The lowest BCUT2D eigenvalue weighted by Crippen LogP contribution is -2.44. The van der Waals surface area contributed by atoms with Gasteiger partial charge in [0.05, 0.1) is 5.56 Å². The molecule has 0 aliphatic rings. The van der Waals surface area contributed by atoms with Crippen LogP contribution >= 0.6 is 11.6 Å². The van der Waals surface area contributed by atoms with E-state index in [1.807, 2.05) is 6.92 Å². The Kier molecular flexibility index (Phi) is 6.65. The molecule has 4 N–H and O–H groups in total. The van der Waals surface area contributed by atoms with Crippen LogP contribution in [0.4, 0.5) is 10.5 Å². The van der Waals surface area contributed by atoms with Gasteiger partial charge >= 0.3 is 12.0 Å². The maximum atomic E-state index is 11.8. The van der Waals surface area contributed by atoms with Gasteiger partial charge in [-0.15, -0.1) is 0 Å². The van der Waals surface area contributed by atoms with Crippen molar-refractivity contribution in [1.82, 2.24) is 10.6 Å². The second-order valence-corrected chi connectivity index (χ2v) is 5.08. The number of benzene rings is 1. The number of anilines is 1. The van der Waals surface area contributed by atoms with Gasteiger partial charge in [0.25, 0.3) is 5.91 Å². The van der Waals surface area contributed by atoms with Crippen LogP contribution in [-0.2, 0) is 9.53 Å². The molecule has 22 heavy (non-hydrogen) atoms. The van der Waals surface area contributed by atoms with E-state index in [4.69, 9.17) is 22.1 Å². The zero-order chi connectivity index (χ0) is 16.7. The smallest absolute Gasteiger partial charge is 0.340 e. The normalized spacial score (nSPS) is 11.4. The second-order valence-electron chi connectivity index (χ2n) is 4.64. The second kappa shape index (κ2) is 8.23. The van der Waals surface area contributed by atoms with E-state index in [2.05, 4.69) is 10.6 Å². The highest BCUT2D eigenvalue weighted by Crippen LogP contribution is 2.18. The van der Waals surface area contributed by atoms with Crippen LogP contribution in [0.1, 0.15) is 30.6 Å². The maximum Gasteiger partial charge on any atom is 0.340 e. The molecule has 0 heterocycles. The van der Waals surface area contributed by atoms with E-state index in [9.17, 15) is 14.4 Å². The summed E-state index contributed by atoms with van der Waals surface area (Å²) in [6.45, 7) is 3.10. The molecular formula is C14H18ClN3O4. The first-order chi connectivity index (χ1) is 10.3. The number of amides is 3. The van der Waals surface area contributed by atoms with Crippen molar-refractivity contribution in [2.75, 3.05) is 12.3 Å². The largest absolute Gasteiger partial charge is 0.452 e. The Bertz CT molecular complexity index is 577. The molecule has 0 saturated carbocycles. The Balaban J connectivity index is 2.46. The van der Waals surface area contributed by atoms with Crippen LogP contribution in [0.25, 0.3) is 0 Å². The number of imide groups is 1. The van der Waals surface area contributed by atoms with Crippen molar-refractivity contribution >= 4 is 35.2 Å². The average molecular weight is 328 g/mol. The molecular weight excluding hydrogens is 310 g/mol. The van der Waals surface area contributed by atoms with Crippen molar-refractivity contribution in [1.29, 1.82) is 0 Å². The van der Waals surface area contributed by atoms with E-state index in [0.717, 1.165) is 6.42 Å². The number of urea groups is 1. The maximum absolute atomic E-state index is 11.8. The zero-order valence-corrected chi connectivity index (χ0v) is 13.1. The molecule has 0 aromatic heterocycles. The van der Waals surface area contributed by atoms with Gasteiger partial charge in [-0.05, 0) is 31.5 Å². The molecule has 0 bridgehead atoms. The molecule has 0 aliphatic heterocycles. The number of nitrogen functional groups attached to an aromatic ring is 1. The van der Waals surface area contributed by atoms with Crippen molar-refractivity contribution in [3.05, 3.63) is 28.8 Å². The molecule has 0 aliphatic carbocycles. The Morgan fingerprint density at radius 2 is 2.05 bits per heavy atom. The molecule has 1 atom stereocenters. The summed E-state index contributed by atoms with van der Waals surface area (Å²) in [5.74, 6) is -1.51. The van der Waals surface area contributed by atoms with Gasteiger partial charge < -0.3 is 15.8 Å². The summed E-state index contributed by atoms with van der Waals surface area (Å²) in [6.07, 6.45) is 0.729. The fourth-order valence-electron chi connectivity index (χ4n) is 1.45. The highest BCUT2D eigenvalue weighted by atomic mass is 35.5. The minimum atomic E-state index is -0.772. The third-order valence-electron chi connectivity index (χ3n) is 2.81. The first-order valence-electron chi connectivity index (χ1n) is 6.66. The number of rotatable bonds is 5. The molecule has 1 aromatic rings. The molecule has 0 unspecified atom stereocenters. The predicted octanol–water partition coefficient (Wildman–Crippen LogP) is 1.70. The van der Waals surface area contributed by atoms with E-state index >= 15 is 0 Å². The summed E-state index contributed by atoms with van der Waals surface area (Å²) in [4.78, 5) is 34.7. The minimum Gasteiger partial charge on any atom is -0.452 e. The van der Waals surface area contributed by atoms with E-state index in [1.165, 1.54) is 18.2 Å². The number of nitrogens with two attached hydrogens (primary N) is 1. The zero-order valence-electron chi connectivity index (χ0n) is 12.3. The summed E-state index contributed by atoms with van der Waals surface area (Å²) in [6, 6.07) is 3.57. The highest BCUT2D eigenvalue weighted by Gasteiger charge is 2.15. The lowest BCUT2D eigenvalue weighted by Gasteiger charge is -2.12. The summed E-state index contributed by atoms with van der Waals surface area (Å²) in [7, 11) is 0. The van der Waals surface area contributed by atoms with Gasteiger partial charge in [0.1, 0.15) is 0 Å². The van der Waals surface area contributed by atoms with Crippen LogP contribution in [0, 0.1) is 0 Å². The third kappa shape index (κ3) is 5.61. The molecule has 1 rings (SSSR count). The summed E-state index contributed by atoms with van der Waals surface area (Å²) in [5.41, 5.74) is 5.87. The minimum absolute atomic E-state index is 0.0655. The van der Waals surface area contributed by atoms with Crippen LogP contribution in [0.3, 0.4) is 0 Å². The SMILES string of the molecule is CC[C@H](C)NC(=O)NC(=O)COC(=O)c1ccc(Cl)cc1N. The number of hydrogen-bond acceptors (Lipinski definition) is 5. The number of carbonyl (C=O) groups is 3. The van der Waals surface area contributed by atoms with E-state index in [0.29, 0.717) is 5.02 Å². The molecule has 1 aromatic carbocycles. The fraction of sp³-hybridized carbons (Fsp3) is 0.357. The molecule has 0 spiro atoms. The van der Waals surface area contributed by atoms with E-state index < -0.39 is 24.5 Å². The van der Waals surface area contributed by atoms with Crippen molar-refractivity contribution < 1.29 is 19.1 Å².